The number of aryl methyl sites for hydroxylation is 1. The zero-order chi connectivity index (χ0) is 17.3. The van der Waals surface area contributed by atoms with Crippen molar-refractivity contribution in [2.24, 2.45) is 0 Å². The fourth-order valence-corrected chi connectivity index (χ4v) is 1.91. The first kappa shape index (κ1) is 16.9. The lowest BCUT2D eigenvalue weighted by molar-refractivity contribution is 0.0323. The van der Waals surface area contributed by atoms with Crippen LogP contribution < -0.4 is 0 Å². The zero-order valence-corrected chi connectivity index (χ0v) is 12.1. The second-order valence-corrected chi connectivity index (χ2v) is 4.90. The molecule has 2 aromatic carbocycles. The molecule has 0 aliphatic heterocycles. The van der Waals surface area contributed by atoms with Crippen molar-refractivity contribution in [1.29, 1.82) is 0 Å². The summed E-state index contributed by atoms with van der Waals surface area (Å²) in [5.74, 6) is -12.8. The van der Waals surface area contributed by atoms with Crippen LogP contribution in [-0.2, 0) is 4.74 Å². The Balaban J connectivity index is 2.33. The highest BCUT2D eigenvalue weighted by Gasteiger charge is 2.31. The van der Waals surface area contributed by atoms with Gasteiger partial charge in [-0.05, 0) is 19.4 Å². The molecule has 0 unspecified atom stereocenters. The van der Waals surface area contributed by atoms with Crippen LogP contribution in [-0.4, -0.2) is 5.97 Å². The van der Waals surface area contributed by atoms with Gasteiger partial charge < -0.3 is 4.74 Å². The van der Waals surface area contributed by atoms with Crippen molar-refractivity contribution in [2.75, 3.05) is 0 Å². The summed E-state index contributed by atoms with van der Waals surface area (Å²) in [4.78, 5) is 11.8. The third-order valence-corrected chi connectivity index (χ3v) is 3.24. The van der Waals surface area contributed by atoms with E-state index in [2.05, 4.69) is 0 Å². The molecule has 0 heterocycles. The zero-order valence-electron chi connectivity index (χ0n) is 12.1. The van der Waals surface area contributed by atoms with E-state index in [1.54, 1.807) is 24.3 Å². The van der Waals surface area contributed by atoms with Gasteiger partial charge >= 0.3 is 5.97 Å². The van der Waals surface area contributed by atoms with Gasteiger partial charge in [-0.2, -0.15) is 0 Å². The van der Waals surface area contributed by atoms with Crippen LogP contribution in [0.15, 0.2) is 24.3 Å². The number of benzene rings is 2. The van der Waals surface area contributed by atoms with Crippen molar-refractivity contribution in [3.63, 3.8) is 0 Å². The van der Waals surface area contributed by atoms with Gasteiger partial charge in [0.05, 0.1) is 0 Å². The van der Waals surface area contributed by atoms with Crippen LogP contribution in [0, 0.1) is 36.0 Å². The van der Waals surface area contributed by atoms with Gasteiger partial charge in [0, 0.05) is 0 Å². The number of ether oxygens (including phenoxy) is 1. The molecule has 23 heavy (non-hydrogen) atoms. The molecule has 0 saturated heterocycles. The molecule has 0 amide bonds. The van der Waals surface area contributed by atoms with E-state index in [1.165, 1.54) is 6.92 Å². The van der Waals surface area contributed by atoms with Gasteiger partial charge in [-0.25, -0.2) is 26.7 Å². The summed E-state index contributed by atoms with van der Waals surface area (Å²) in [6.07, 6.45) is -0.932. The van der Waals surface area contributed by atoms with Crippen LogP contribution >= 0.6 is 0 Å². The lowest BCUT2D eigenvalue weighted by Gasteiger charge is -2.15. The summed E-state index contributed by atoms with van der Waals surface area (Å²) in [5.41, 5.74) is -0.166. The summed E-state index contributed by atoms with van der Waals surface area (Å²) < 4.78 is 71.0. The van der Waals surface area contributed by atoms with Crippen LogP contribution in [0.4, 0.5) is 22.0 Å². The number of halogens is 5. The Morgan fingerprint density at radius 1 is 0.870 bits per heavy atom. The largest absolute Gasteiger partial charge is 0.454 e. The molecule has 2 rings (SSSR count). The van der Waals surface area contributed by atoms with Gasteiger partial charge in [-0.15, -0.1) is 0 Å². The molecule has 0 spiro atoms. The predicted octanol–water partition coefficient (Wildman–Crippen LogP) is 4.61. The lowest BCUT2D eigenvalue weighted by Crippen LogP contribution is -2.16. The molecule has 0 radical (unpaired) electrons. The van der Waals surface area contributed by atoms with Gasteiger partial charge in [-0.3, -0.25) is 0 Å². The summed E-state index contributed by atoms with van der Waals surface area (Å²) in [6, 6.07) is 6.67. The van der Waals surface area contributed by atoms with E-state index >= 15 is 0 Å². The maximum atomic E-state index is 13.5. The maximum absolute atomic E-state index is 13.5. The van der Waals surface area contributed by atoms with E-state index in [-0.39, 0.29) is 0 Å². The Kier molecular flexibility index (Phi) is 4.68. The molecule has 122 valence electrons. The van der Waals surface area contributed by atoms with Gasteiger partial charge in [-0.1, -0.05) is 29.8 Å². The number of hydrogen-bond donors (Lipinski definition) is 0. The van der Waals surface area contributed by atoms with E-state index in [0.717, 1.165) is 5.56 Å². The van der Waals surface area contributed by atoms with Crippen molar-refractivity contribution in [3.8, 4) is 0 Å². The Labute approximate surface area is 128 Å². The third kappa shape index (κ3) is 3.18. The van der Waals surface area contributed by atoms with Crippen LogP contribution in [0.1, 0.15) is 34.5 Å². The van der Waals surface area contributed by atoms with Crippen LogP contribution in [0.5, 0.6) is 0 Å². The number of rotatable bonds is 3. The first-order valence-corrected chi connectivity index (χ1v) is 6.53. The van der Waals surface area contributed by atoms with Crippen molar-refractivity contribution >= 4 is 5.97 Å². The van der Waals surface area contributed by atoms with Crippen molar-refractivity contribution in [3.05, 3.63) is 70.0 Å². The van der Waals surface area contributed by atoms with Gasteiger partial charge in [0.15, 0.2) is 23.3 Å². The molecule has 0 aliphatic rings. The predicted molar refractivity (Wildman–Crippen MR) is 71.2 cm³/mol. The molecular weight excluding hydrogens is 319 g/mol. The fourth-order valence-electron chi connectivity index (χ4n) is 1.91. The van der Waals surface area contributed by atoms with E-state index < -0.39 is 46.7 Å². The molecule has 2 aromatic rings. The SMILES string of the molecule is Cc1ccc([C@H](C)OC(=O)c2c(F)c(F)c(F)c(F)c2F)cc1. The topological polar surface area (TPSA) is 26.3 Å². The highest BCUT2D eigenvalue weighted by molar-refractivity contribution is 5.90. The average molecular weight is 330 g/mol. The van der Waals surface area contributed by atoms with Gasteiger partial charge in [0.2, 0.25) is 5.82 Å². The Morgan fingerprint density at radius 3 is 1.78 bits per heavy atom. The standard InChI is InChI=1S/C16H11F5O2/c1-7-3-5-9(6-4-7)8(2)23-16(22)10-11(17)13(19)15(21)14(20)12(10)18/h3-6,8H,1-2H3/t8-/m0/s1. The van der Waals surface area contributed by atoms with Crippen LogP contribution in [0.2, 0.25) is 0 Å². The number of esters is 1. The first-order valence-electron chi connectivity index (χ1n) is 6.53. The van der Waals surface area contributed by atoms with Crippen molar-refractivity contribution in [2.45, 2.75) is 20.0 Å². The Hall–Kier alpha value is -2.44. The highest BCUT2D eigenvalue weighted by atomic mass is 19.2. The second-order valence-electron chi connectivity index (χ2n) is 4.90. The third-order valence-electron chi connectivity index (χ3n) is 3.24. The molecule has 7 heteroatoms. The summed E-state index contributed by atoms with van der Waals surface area (Å²) in [7, 11) is 0. The molecule has 0 saturated carbocycles. The lowest BCUT2D eigenvalue weighted by atomic mass is 10.1. The number of carbonyl (C=O) groups excluding carboxylic acids is 1. The van der Waals surface area contributed by atoms with Crippen molar-refractivity contribution in [1.82, 2.24) is 0 Å². The van der Waals surface area contributed by atoms with E-state index in [4.69, 9.17) is 4.74 Å². The van der Waals surface area contributed by atoms with E-state index in [1.807, 2.05) is 6.92 Å². The Morgan fingerprint density at radius 2 is 1.30 bits per heavy atom. The summed E-state index contributed by atoms with van der Waals surface area (Å²) in [6.45, 7) is 3.24. The minimum atomic E-state index is -2.33. The monoisotopic (exact) mass is 330 g/mol. The minimum absolute atomic E-state index is 0.507. The normalized spacial score (nSPS) is 12.1. The summed E-state index contributed by atoms with van der Waals surface area (Å²) >= 11 is 0. The van der Waals surface area contributed by atoms with Crippen LogP contribution in [0.3, 0.4) is 0 Å². The fraction of sp³-hybridized carbons (Fsp3) is 0.188. The molecule has 0 aliphatic carbocycles. The molecule has 2 nitrogen and oxygen atoms in total. The van der Waals surface area contributed by atoms with Gasteiger partial charge in [0.1, 0.15) is 11.7 Å². The van der Waals surface area contributed by atoms with Crippen LogP contribution in [0.25, 0.3) is 0 Å². The Bertz CT molecular complexity index is 727. The molecule has 0 bridgehead atoms. The number of carbonyl (C=O) groups is 1. The molecular formula is C16H11F5O2. The maximum Gasteiger partial charge on any atom is 0.344 e. The van der Waals surface area contributed by atoms with Gasteiger partial charge in [0.25, 0.3) is 0 Å². The minimum Gasteiger partial charge on any atom is -0.454 e. The smallest absolute Gasteiger partial charge is 0.344 e. The van der Waals surface area contributed by atoms with E-state index in [9.17, 15) is 26.7 Å². The quantitative estimate of drug-likeness (QED) is 0.356. The summed E-state index contributed by atoms with van der Waals surface area (Å²) in [5, 5.41) is 0. The number of hydrogen-bond acceptors (Lipinski definition) is 2. The molecule has 0 fully saturated rings. The van der Waals surface area contributed by atoms with Crippen molar-refractivity contribution < 1.29 is 31.5 Å². The average Bonchev–Trinajstić information content (AvgIpc) is 2.51. The molecule has 1 atom stereocenters. The van der Waals surface area contributed by atoms with E-state index in [0.29, 0.717) is 5.56 Å². The first-order chi connectivity index (χ1) is 10.7. The highest BCUT2D eigenvalue weighted by Crippen LogP contribution is 2.26. The second kappa shape index (κ2) is 6.36. The molecule has 0 N–H and O–H groups in total. The molecule has 0 aromatic heterocycles.